The zero-order chi connectivity index (χ0) is 11.0. The highest BCUT2D eigenvalue weighted by Crippen LogP contribution is 2.30. The molecule has 1 amide bonds. The Labute approximate surface area is 90.9 Å². The predicted octanol–water partition coefficient (Wildman–Crippen LogP) is 1.47. The van der Waals surface area contributed by atoms with Crippen molar-refractivity contribution in [1.82, 2.24) is 9.80 Å². The lowest BCUT2D eigenvalue weighted by Crippen LogP contribution is -2.57. The summed E-state index contributed by atoms with van der Waals surface area (Å²) in [4.78, 5) is 15.1. The molecule has 15 heavy (non-hydrogen) atoms. The highest BCUT2D eigenvalue weighted by atomic mass is 16.4. The second-order valence-electron chi connectivity index (χ2n) is 5.01. The molecule has 0 bridgehead atoms. The Bertz CT molecular complexity index is 251. The minimum atomic E-state index is -0.760. The molecule has 1 aliphatic heterocycles. The van der Waals surface area contributed by atoms with E-state index in [1.807, 2.05) is 0 Å². The lowest BCUT2D eigenvalue weighted by atomic mass is 10.00. The summed E-state index contributed by atoms with van der Waals surface area (Å²) in [7, 11) is 0. The Hall–Kier alpha value is -0.770. The lowest BCUT2D eigenvalue weighted by Gasteiger charge is -2.42. The van der Waals surface area contributed by atoms with Gasteiger partial charge in [0, 0.05) is 25.7 Å². The average molecular weight is 212 g/mol. The summed E-state index contributed by atoms with van der Waals surface area (Å²) >= 11 is 0. The number of hydrogen-bond acceptors (Lipinski definition) is 2. The highest BCUT2D eigenvalue weighted by molar-refractivity contribution is 5.65. The third kappa shape index (κ3) is 2.25. The first kappa shape index (κ1) is 10.7. The van der Waals surface area contributed by atoms with Crippen molar-refractivity contribution in [2.75, 3.05) is 19.6 Å². The summed E-state index contributed by atoms with van der Waals surface area (Å²) in [6.07, 6.45) is 1.85. The number of carboxylic acid groups (broad SMARTS) is 1. The molecular formula is C11H20N2O2. The first-order valence-corrected chi connectivity index (χ1v) is 5.83. The fraction of sp³-hybridized carbons (Fsp3) is 0.909. The van der Waals surface area contributed by atoms with Crippen LogP contribution in [0.15, 0.2) is 0 Å². The molecule has 4 nitrogen and oxygen atoms in total. The van der Waals surface area contributed by atoms with Crippen LogP contribution in [0, 0.1) is 5.92 Å². The summed E-state index contributed by atoms with van der Waals surface area (Å²) in [5.41, 5.74) is 0. The van der Waals surface area contributed by atoms with E-state index >= 15 is 0 Å². The summed E-state index contributed by atoms with van der Waals surface area (Å²) < 4.78 is 0. The van der Waals surface area contributed by atoms with Crippen LogP contribution >= 0.6 is 0 Å². The molecule has 86 valence electrons. The molecule has 0 radical (unpaired) electrons. The van der Waals surface area contributed by atoms with Gasteiger partial charge in [0.15, 0.2) is 0 Å². The maximum Gasteiger partial charge on any atom is 0.407 e. The van der Waals surface area contributed by atoms with Crippen molar-refractivity contribution in [3.05, 3.63) is 0 Å². The second kappa shape index (κ2) is 4.00. The highest BCUT2D eigenvalue weighted by Gasteiger charge is 2.38. The fourth-order valence-corrected chi connectivity index (χ4v) is 2.41. The van der Waals surface area contributed by atoms with Gasteiger partial charge < -0.3 is 10.0 Å². The molecule has 2 fully saturated rings. The van der Waals surface area contributed by atoms with Crippen molar-refractivity contribution in [3.8, 4) is 0 Å². The number of piperazine rings is 1. The van der Waals surface area contributed by atoms with Gasteiger partial charge in [-0.05, 0) is 18.8 Å². The molecule has 0 spiro atoms. The lowest BCUT2D eigenvalue weighted by molar-refractivity contribution is 0.0462. The minimum absolute atomic E-state index is 0.178. The molecule has 0 aromatic rings. The Kier molecular flexibility index (Phi) is 2.87. The summed E-state index contributed by atoms with van der Waals surface area (Å²) in [5.74, 6) is 0.405. The molecule has 0 aromatic heterocycles. The Morgan fingerprint density at radius 3 is 2.47 bits per heavy atom. The SMILES string of the molecule is CC(C)[C@@H]1CN(C2CC2)CCN1C(=O)O. The Morgan fingerprint density at radius 1 is 1.33 bits per heavy atom. The Morgan fingerprint density at radius 2 is 2.00 bits per heavy atom. The van der Waals surface area contributed by atoms with Gasteiger partial charge in [-0.3, -0.25) is 4.90 Å². The Balaban J connectivity index is 2.01. The number of nitrogens with zero attached hydrogens (tertiary/aromatic N) is 2. The molecule has 0 unspecified atom stereocenters. The van der Waals surface area contributed by atoms with Crippen molar-refractivity contribution in [3.63, 3.8) is 0 Å². The van der Waals surface area contributed by atoms with Gasteiger partial charge in [0.25, 0.3) is 0 Å². The van der Waals surface area contributed by atoms with Gasteiger partial charge >= 0.3 is 6.09 Å². The van der Waals surface area contributed by atoms with E-state index in [4.69, 9.17) is 5.11 Å². The van der Waals surface area contributed by atoms with E-state index in [0.717, 1.165) is 19.1 Å². The third-order valence-electron chi connectivity index (χ3n) is 3.53. The zero-order valence-electron chi connectivity index (χ0n) is 9.52. The van der Waals surface area contributed by atoms with Crippen LogP contribution in [0.5, 0.6) is 0 Å². The molecule has 1 N–H and O–H groups in total. The molecule has 2 rings (SSSR count). The van der Waals surface area contributed by atoms with Crippen LogP contribution < -0.4 is 0 Å². The standard InChI is InChI=1S/C11H20N2O2/c1-8(2)10-7-12(9-3-4-9)5-6-13(10)11(14)15/h8-10H,3-7H2,1-2H3,(H,14,15)/t10-/m0/s1. The topological polar surface area (TPSA) is 43.8 Å². The van der Waals surface area contributed by atoms with Gasteiger partial charge in [-0.25, -0.2) is 4.79 Å². The fourth-order valence-electron chi connectivity index (χ4n) is 2.41. The molecule has 1 saturated heterocycles. The average Bonchev–Trinajstić information content (AvgIpc) is 2.99. The minimum Gasteiger partial charge on any atom is -0.465 e. The first-order chi connectivity index (χ1) is 7.09. The van der Waals surface area contributed by atoms with Crippen molar-refractivity contribution < 1.29 is 9.90 Å². The van der Waals surface area contributed by atoms with Gasteiger partial charge in [-0.15, -0.1) is 0 Å². The molecular weight excluding hydrogens is 192 g/mol. The van der Waals surface area contributed by atoms with E-state index in [0.29, 0.717) is 12.5 Å². The number of amides is 1. The van der Waals surface area contributed by atoms with Crippen LogP contribution in [0.25, 0.3) is 0 Å². The van der Waals surface area contributed by atoms with Crippen LogP contribution in [-0.4, -0.2) is 52.7 Å². The normalized spacial score (nSPS) is 28.5. The molecule has 1 atom stereocenters. The number of carbonyl (C=O) groups is 1. The van der Waals surface area contributed by atoms with E-state index in [9.17, 15) is 4.79 Å². The van der Waals surface area contributed by atoms with E-state index in [2.05, 4.69) is 18.7 Å². The first-order valence-electron chi connectivity index (χ1n) is 5.83. The molecule has 0 aromatic carbocycles. The van der Waals surface area contributed by atoms with Gasteiger partial charge in [0.05, 0.1) is 6.04 Å². The quantitative estimate of drug-likeness (QED) is 0.753. The van der Waals surface area contributed by atoms with E-state index in [1.54, 1.807) is 4.90 Å². The predicted molar refractivity (Wildman–Crippen MR) is 58.0 cm³/mol. The number of hydrogen-bond donors (Lipinski definition) is 1. The smallest absolute Gasteiger partial charge is 0.407 e. The third-order valence-corrected chi connectivity index (χ3v) is 3.53. The van der Waals surface area contributed by atoms with Crippen LogP contribution in [0.2, 0.25) is 0 Å². The van der Waals surface area contributed by atoms with Gasteiger partial charge in [0.2, 0.25) is 0 Å². The van der Waals surface area contributed by atoms with Crippen LogP contribution in [0.1, 0.15) is 26.7 Å². The van der Waals surface area contributed by atoms with Gasteiger partial charge in [-0.1, -0.05) is 13.8 Å². The van der Waals surface area contributed by atoms with Crippen molar-refractivity contribution >= 4 is 6.09 Å². The van der Waals surface area contributed by atoms with Crippen molar-refractivity contribution in [1.29, 1.82) is 0 Å². The summed E-state index contributed by atoms with van der Waals surface area (Å²) in [6.45, 7) is 6.73. The van der Waals surface area contributed by atoms with Crippen molar-refractivity contribution in [2.45, 2.75) is 38.8 Å². The summed E-state index contributed by atoms with van der Waals surface area (Å²) in [5, 5.41) is 9.11. The van der Waals surface area contributed by atoms with Crippen LogP contribution in [0.4, 0.5) is 4.79 Å². The van der Waals surface area contributed by atoms with Gasteiger partial charge in [-0.2, -0.15) is 0 Å². The molecule has 4 heteroatoms. The van der Waals surface area contributed by atoms with E-state index in [-0.39, 0.29) is 6.04 Å². The van der Waals surface area contributed by atoms with Crippen molar-refractivity contribution in [2.24, 2.45) is 5.92 Å². The molecule has 2 aliphatic rings. The molecule has 1 aliphatic carbocycles. The summed E-state index contributed by atoms with van der Waals surface area (Å²) in [6, 6.07) is 0.930. The monoisotopic (exact) mass is 212 g/mol. The zero-order valence-corrected chi connectivity index (χ0v) is 9.52. The van der Waals surface area contributed by atoms with E-state index < -0.39 is 6.09 Å². The molecule has 1 saturated carbocycles. The van der Waals surface area contributed by atoms with Gasteiger partial charge in [0.1, 0.15) is 0 Å². The second-order valence-corrected chi connectivity index (χ2v) is 5.01. The van der Waals surface area contributed by atoms with E-state index in [1.165, 1.54) is 12.8 Å². The molecule has 1 heterocycles. The largest absolute Gasteiger partial charge is 0.465 e. The maximum absolute atomic E-state index is 11.1. The van der Waals surface area contributed by atoms with Crippen LogP contribution in [-0.2, 0) is 0 Å². The maximum atomic E-state index is 11.1. The number of rotatable bonds is 2. The van der Waals surface area contributed by atoms with Crippen LogP contribution in [0.3, 0.4) is 0 Å².